The molecule has 0 saturated heterocycles. The maximum atomic E-state index is 10.5. The van der Waals surface area contributed by atoms with Gasteiger partial charge in [-0.2, -0.15) is 0 Å². The Morgan fingerprint density at radius 2 is 2.29 bits per heavy atom. The van der Waals surface area contributed by atoms with Crippen LogP contribution in [-0.2, 0) is 11.2 Å². The van der Waals surface area contributed by atoms with E-state index in [2.05, 4.69) is 15.9 Å². The maximum absolute atomic E-state index is 10.5. The number of carboxylic acid groups (broad SMARTS) is 1. The highest BCUT2D eigenvalue weighted by Crippen LogP contribution is 2.26. The number of carbonyl (C=O) groups is 1. The smallest absolute Gasteiger partial charge is 0.307 e. The molecular weight excluding hydrogens is 248 g/mol. The summed E-state index contributed by atoms with van der Waals surface area (Å²) in [4.78, 5) is 10.5. The van der Waals surface area contributed by atoms with Gasteiger partial charge >= 0.3 is 5.97 Å². The first-order chi connectivity index (χ1) is 6.66. The summed E-state index contributed by atoms with van der Waals surface area (Å²) < 4.78 is 6.11. The molecule has 0 aliphatic carbocycles. The normalized spacial score (nSPS) is 10.6. The Morgan fingerprint density at radius 1 is 1.50 bits per heavy atom. The van der Waals surface area contributed by atoms with Crippen LogP contribution in [0.2, 0.25) is 0 Å². The van der Waals surface area contributed by atoms with Crippen molar-refractivity contribution in [2.45, 2.75) is 6.42 Å². The molecule has 0 aliphatic heterocycles. The van der Waals surface area contributed by atoms with Crippen LogP contribution in [0.5, 0.6) is 0 Å². The van der Waals surface area contributed by atoms with Crippen molar-refractivity contribution in [3.63, 3.8) is 0 Å². The molecule has 1 aromatic heterocycles. The molecule has 3 nitrogen and oxygen atoms in total. The van der Waals surface area contributed by atoms with Gasteiger partial charge in [0.25, 0.3) is 0 Å². The first-order valence-electron chi connectivity index (χ1n) is 4.04. The van der Waals surface area contributed by atoms with Crippen LogP contribution >= 0.6 is 15.9 Å². The molecule has 14 heavy (non-hydrogen) atoms. The van der Waals surface area contributed by atoms with E-state index in [1.165, 1.54) is 0 Å². The van der Waals surface area contributed by atoms with Gasteiger partial charge in [-0.1, -0.05) is 6.07 Å². The molecule has 2 rings (SSSR count). The number of fused-ring (bicyclic) bond motifs is 1. The van der Waals surface area contributed by atoms with Gasteiger partial charge in [0.15, 0.2) is 0 Å². The van der Waals surface area contributed by atoms with Crippen LogP contribution in [0.1, 0.15) is 5.56 Å². The first kappa shape index (κ1) is 9.27. The van der Waals surface area contributed by atoms with Crippen LogP contribution in [0.4, 0.5) is 0 Å². The quantitative estimate of drug-likeness (QED) is 0.897. The van der Waals surface area contributed by atoms with Crippen LogP contribution < -0.4 is 0 Å². The second-order valence-electron chi connectivity index (χ2n) is 2.98. The highest BCUT2D eigenvalue weighted by molar-refractivity contribution is 9.10. The van der Waals surface area contributed by atoms with E-state index in [9.17, 15) is 4.79 Å². The monoisotopic (exact) mass is 254 g/mol. The third kappa shape index (κ3) is 1.65. The fourth-order valence-corrected chi connectivity index (χ4v) is 1.75. The summed E-state index contributed by atoms with van der Waals surface area (Å²) in [5.74, 6) is -0.838. The Labute approximate surface area is 88.5 Å². The van der Waals surface area contributed by atoms with E-state index in [4.69, 9.17) is 9.52 Å². The van der Waals surface area contributed by atoms with E-state index in [-0.39, 0.29) is 6.42 Å². The summed E-state index contributed by atoms with van der Waals surface area (Å²) in [6, 6.07) is 5.38. The van der Waals surface area contributed by atoms with Crippen molar-refractivity contribution < 1.29 is 14.3 Å². The van der Waals surface area contributed by atoms with E-state index in [1.54, 1.807) is 18.4 Å². The molecule has 1 heterocycles. The molecule has 0 atom stereocenters. The zero-order valence-corrected chi connectivity index (χ0v) is 8.74. The number of rotatable bonds is 2. The van der Waals surface area contributed by atoms with Gasteiger partial charge in [-0.15, -0.1) is 0 Å². The summed E-state index contributed by atoms with van der Waals surface area (Å²) in [5.41, 5.74) is 1.45. The lowest BCUT2D eigenvalue weighted by atomic mass is 10.1. The summed E-state index contributed by atoms with van der Waals surface area (Å²) in [7, 11) is 0. The van der Waals surface area contributed by atoms with Crippen LogP contribution in [0.15, 0.2) is 33.4 Å². The van der Waals surface area contributed by atoms with Crippen molar-refractivity contribution in [1.82, 2.24) is 0 Å². The fraction of sp³-hybridized carbons (Fsp3) is 0.100. The lowest BCUT2D eigenvalue weighted by Crippen LogP contribution is -1.99. The Bertz CT molecular complexity index is 487. The zero-order valence-electron chi connectivity index (χ0n) is 7.16. The zero-order chi connectivity index (χ0) is 10.1. The minimum atomic E-state index is -0.838. The second kappa shape index (κ2) is 3.46. The van der Waals surface area contributed by atoms with E-state index >= 15 is 0 Å². The molecule has 0 amide bonds. The molecule has 0 bridgehead atoms. The van der Waals surface area contributed by atoms with Crippen LogP contribution in [0, 0.1) is 0 Å². The number of furan rings is 1. The Kier molecular flexibility index (Phi) is 2.29. The van der Waals surface area contributed by atoms with Crippen LogP contribution in [0.3, 0.4) is 0 Å². The van der Waals surface area contributed by atoms with Crippen LogP contribution in [-0.4, -0.2) is 11.1 Å². The Hall–Kier alpha value is -1.29. The Morgan fingerprint density at radius 3 is 3.00 bits per heavy atom. The molecular formula is C10H7BrO3. The molecule has 1 aromatic carbocycles. The molecule has 1 N–H and O–H groups in total. The molecule has 0 spiro atoms. The summed E-state index contributed by atoms with van der Waals surface area (Å²) in [5, 5.41) is 9.56. The van der Waals surface area contributed by atoms with Gasteiger partial charge in [0.1, 0.15) is 11.8 Å². The largest absolute Gasteiger partial charge is 0.481 e. The van der Waals surface area contributed by atoms with Gasteiger partial charge < -0.3 is 9.52 Å². The lowest BCUT2D eigenvalue weighted by molar-refractivity contribution is -0.136. The topological polar surface area (TPSA) is 50.4 Å². The van der Waals surface area contributed by atoms with E-state index < -0.39 is 5.97 Å². The average molecular weight is 255 g/mol. The third-order valence-electron chi connectivity index (χ3n) is 1.95. The lowest BCUT2D eigenvalue weighted by Gasteiger charge is -1.96. The van der Waals surface area contributed by atoms with E-state index in [0.29, 0.717) is 5.58 Å². The SMILES string of the molecule is O=C(O)Cc1ccc2c(Br)coc2c1. The minimum Gasteiger partial charge on any atom is -0.481 e. The number of hydrogen-bond donors (Lipinski definition) is 1. The molecule has 0 fully saturated rings. The number of halogens is 1. The van der Waals surface area contributed by atoms with E-state index in [1.807, 2.05) is 6.07 Å². The van der Waals surface area contributed by atoms with Gasteiger partial charge in [-0.25, -0.2) is 0 Å². The van der Waals surface area contributed by atoms with E-state index in [0.717, 1.165) is 15.4 Å². The molecule has 0 radical (unpaired) electrons. The molecule has 0 unspecified atom stereocenters. The number of hydrogen-bond acceptors (Lipinski definition) is 2. The molecule has 4 heteroatoms. The highest BCUT2D eigenvalue weighted by Gasteiger charge is 2.06. The van der Waals surface area contributed by atoms with Crippen molar-refractivity contribution >= 4 is 32.9 Å². The van der Waals surface area contributed by atoms with Gasteiger partial charge in [-0.05, 0) is 33.6 Å². The van der Waals surface area contributed by atoms with Crippen molar-refractivity contribution in [1.29, 1.82) is 0 Å². The molecule has 0 aliphatic rings. The number of carboxylic acids is 1. The van der Waals surface area contributed by atoms with Crippen molar-refractivity contribution in [3.05, 3.63) is 34.5 Å². The van der Waals surface area contributed by atoms with Gasteiger partial charge in [-0.3, -0.25) is 4.79 Å². The number of benzene rings is 1. The van der Waals surface area contributed by atoms with Crippen LogP contribution in [0.25, 0.3) is 11.0 Å². The standard InChI is InChI=1S/C10H7BrO3/c11-8-5-14-9-3-6(4-10(12)13)1-2-7(8)9/h1-3,5H,4H2,(H,12,13). The van der Waals surface area contributed by atoms with Crippen molar-refractivity contribution in [3.8, 4) is 0 Å². The fourth-order valence-electron chi connectivity index (χ4n) is 1.32. The first-order valence-corrected chi connectivity index (χ1v) is 4.83. The van der Waals surface area contributed by atoms with Crippen molar-refractivity contribution in [2.24, 2.45) is 0 Å². The second-order valence-corrected chi connectivity index (χ2v) is 3.84. The summed E-state index contributed by atoms with van der Waals surface area (Å²) in [6.07, 6.45) is 1.61. The Balaban J connectivity index is 2.46. The van der Waals surface area contributed by atoms with Gasteiger partial charge in [0.05, 0.1) is 10.9 Å². The summed E-state index contributed by atoms with van der Waals surface area (Å²) >= 11 is 3.33. The highest BCUT2D eigenvalue weighted by atomic mass is 79.9. The predicted molar refractivity (Wildman–Crippen MR) is 55.3 cm³/mol. The predicted octanol–water partition coefficient (Wildman–Crippen LogP) is 2.82. The van der Waals surface area contributed by atoms with Gasteiger partial charge in [0.2, 0.25) is 0 Å². The van der Waals surface area contributed by atoms with Crippen molar-refractivity contribution in [2.75, 3.05) is 0 Å². The molecule has 72 valence electrons. The number of aliphatic carboxylic acids is 1. The minimum absolute atomic E-state index is 0.0221. The van der Waals surface area contributed by atoms with Gasteiger partial charge in [0, 0.05) is 5.39 Å². The average Bonchev–Trinajstić information content (AvgIpc) is 2.46. The maximum Gasteiger partial charge on any atom is 0.307 e. The third-order valence-corrected chi connectivity index (χ3v) is 2.56. The summed E-state index contributed by atoms with van der Waals surface area (Å²) in [6.45, 7) is 0. The molecule has 2 aromatic rings. The molecule has 0 saturated carbocycles.